The van der Waals surface area contributed by atoms with Crippen molar-refractivity contribution in [1.82, 2.24) is 9.97 Å². The molecule has 1 aliphatic rings. The fraction of sp³-hybridized carbons (Fsp3) is 0.353. The van der Waals surface area contributed by atoms with Gasteiger partial charge in [-0.2, -0.15) is 0 Å². The number of aromatic nitrogens is 2. The number of carbonyl (C=O) groups is 1. The maximum atomic E-state index is 12.4. The molecule has 0 aliphatic heterocycles. The van der Waals surface area contributed by atoms with Crippen molar-refractivity contribution in [3.63, 3.8) is 0 Å². The Balaban J connectivity index is 1.69. The first-order valence-electron chi connectivity index (χ1n) is 7.97. The highest BCUT2D eigenvalue weighted by Crippen LogP contribution is 2.23. The third kappa shape index (κ3) is 4.58. The Bertz CT molecular complexity index is 712. The van der Waals surface area contributed by atoms with Gasteiger partial charge < -0.3 is 10.6 Å². The highest BCUT2D eigenvalue weighted by Gasteiger charge is 2.15. The molecule has 24 heavy (non-hydrogen) atoms. The van der Waals surface area contributed by atoms with Gasteiger partial charge in [0.05, 0.1) is 0 Å². The number of nitrogens with zero attached hydrogens (tertiary/aromatic N) is 2. The van der Waals surface area contributed by atoms with E-state index in [0.29, 0.717) is 33.4 Å². The molecule has 2 aromatic rings. The monoisotopic (exact) mass is 364 g/mol. The van der Waals surface area contributed by atoms with Gasteiger partial charge in [0.1, 0.15) is 5.69 Å². The van der Waals surface area contributed by atoms with Crippen molar-refractivity contribution in [3.8, 4) is 0 Å². The fourth-order valence-corrected chi connectivity index (χ4v) is 3.33. The Morgan fingerprint density at radius 1 is 1.08 bits per heavy atom. The van der Waals surface area contributed by atoms with Crippen LogP contribution in [0.1, 0.15) is 42.6 Å². The van der Waals surface area contributed by atoms with E-state index < -0.39 is 0 Å². The SMILES string of the molecule is O=C(Nc1cc(Cl)cc(Cl)c1)c1ccnc(NC2CCCCC2)n1. The molecule has 0 spiro atoms. The number of amides is 1. The maximum Gasteiger partial charge on any atom is 0.274 e. The topological polar surface area (TPSA) is 66.9 Å². The van der Waals surface area contributed by atoms with E-state index in [0.717, 1.165) is 12.8 Å². The lowest BCUT2D eigenvalue weighted by Gasteiger charge is -2.22. The van der Waals surface area contributed by atoms with Gasteiger partial charge in [0.15, 0.2) is 0 Å². The van der Waals surface area contributed by atoms with E-state index in [2.05, 4.69) is 20.6 Å². The summed E-state index contributed by atoms with van der Waals surface area (Å²) < 4.78 is 0. The fourth-order valence-electron chi connectivity index (χ4n) is 2.81. The average Bonchev–Trinajstić information content (AvgIpc) is 2.55. The Labute approximate surface area is 150 Å². The summed E-state index contributed by atoms with van der Waals surface area (Å²) in [5.41, 5.74) is 0.817. The number of benzene rings is 1. The van der Waals surface area contributed by atoms with Crippen molar-refractivity contribution in [3.05, 3.63) is 46.2 Å². The maximum absolute atomic E-state index is 12.4. The number of halogens is 2. The third-order valence-corrected chi connectivity index (χ3v) is 4.38. The minimum atomic E-state index is -0.331. The molecule has 1 aromatic carbocycles. The molecule has 2 N–H and O–H groups in total. The van der Waals surface area contributed by atoms with Crippen LogP contribution in [0.5, 0.6) is 0 Å². The molecule has 7 heteroatoms. The number of carbonyl (C=O) groups excluding carboxylic acids is 1. The van der Waals surface area contributed by atoms with E-state index in [1.807, 2.05) is 0 Å². The second kappa shape index (κ2) is 7.81. The average molecular weight is 365 g/mol. The van der Waals surface area contributed by atoms with Crippen LogP contribution in [0.25, 0.3) is 0 Å². The molecule has 5 nitrogen and oxygen atoms in total. The lowest BCUT2D eigenvalue weighted by atomic mass is 9.96. The largest absolute Gasteiger partial charge is 0.351 e. The first kappa shape index (κ1) is 17.0. The summed E-state index contributed by atoms with van der Waals surface area (Å²) in [6, 6.07) is 6.83. The van der Waals surface area contributed by atoms with Crippen molar-refractivity contribution < 1.29 is 4.79 Å². The number of hydrogen-bond acceptors (Lipinski definition) is 4. The Hall–Kier alpha value is -1.85. The molecule has 0 bridgehead atoms. The van der Waals surface area contributed by atoms with Crippen molar-refractivity contribution >= 4 is 40.7 Å². The van der Waals surface area contributed by atoms with Gasteiger partial charge in [-0.05, 0) is 37.1 Å². The number of rotatable bonds is 4. The van der Waals surface area contributed by atoms with E-state index >= 15 is 0 Å². The van der Waals surface area contributed by atoms with Gasteiger partial charge in [0.25, 0.3) is 5.91 Å². The zero-order chi connectivity index (χ0) is 16.9. The van der Waals surface area contributed by atoms with Crippen molar-refractivity contribution in [1.29, 1.82) is 0 Å². The Kier molecular flexibility index (Phi) is 5.53. The van der Waals surface area contributed by atoms with Gasteiger partial charge in [0.2, 0.25) is 5.95 Å². The van der Waals surface area contributed by atoms with E-state index in [4.69, 9.17) is 23.2 Å². The molecule has 1 aliphatic carbocycles. The Morgan fingerprint density at radius 3 is 2.50 bits per heavy atom. The van der Waals surface area contributed by atoms with Crippen molar-refractivity contribution in [2.75, 3.05) is 10.6 Å². The lowest BCUT2D eigenvalue weighted by molar-refractivity contribution is 0.102. The van der Waals surface area contributed by atoms with Crippen LogP contribution in [-0.2, 0) is 0 Å². The number of nitrogens with one attached hydrogen (secondary N) is 2. The molecule has 0 atom stereocenters. The number of anilines is 2. The Morgan fingerprint density at radius 2 is 1.79 bits per heavy atom. The third-order valence-electron chi connectivity index (χ3n) is 3.95. The van der Waals surface area contributed by atoms with Gasteiger partial charge in [-0.3, -0.25) is 4.79 Å². The zero-order valence-corrected chi connectivity index (χ0v) is 14.6. The van der Waals surface area contributed by atoms with E-state index in [-0.39, 0.29) is 5.91 Å². The standard InChI is InChI=1S/C17H18Cl2N4O/c18-11-8-12(19)10-14(9-11)21-16(24)15-6-7-20-17(23-15)22-13-4-2-1-3-5-13/h6-10,13H,1-5H2,(H,21,24)(H,20,22,23). The van der Waals surface area contributed by atoms with Crippen LogP contribution in [0.15, 0.2) is 30.5 Å². The molecule has 1 saturated carbocycles. The highest BCUT2D eigenvalue weighted by atomic mass is 35.5. The summed E-state index contributed by atoms with van der Waals surface area (Å²) in [6.07, 6.45) is 7.52. The summed E-state index contributed by atoms with van der Waals surface area (Å²) in [5.74, 6) is 0.154. The second-order valence-electron chi connectivity index (χ2n) is 5.86. The smallest absolute Gasteiger partial charge is 0.274 e. The number of hydrogen-bond donors (Lipinski definition) is 2. The predicted octanol–water partition coefficient (Wildman–Crippen LogP) is 4.78. The van der Waals surface area contributed by atoms with Gasteiger partial charge >= 0.3 is 0 Å². The summed E-state index contributed by atoms with van der Waals surface area (Å²) in [4.78, 5) is 20.9. The zero-order valence-electron chi connectivity index (χ0n) is 13.1. The molecular formula is C17H18Cl2N4O. The van der Waals surface area contributed by atoms with Crippen LogP contribution in [0.4, 0.5) is 11.6 Å². The predicted molar refractivity (Wildman–Crippen MR) is 96.9 cm³/mol. The van der Waals surface area contributed by atoms with E-state index in [1.165, 1.54) is 19.3 Å². The van der Waals surface area contributed by atoms with Gasteiger partial charge in [-0.15, -0.1) is 0 Å². The van der Waals surface area contributed by atoms with Gasteiger partial charge in [-0.25, -0.2) is 9.97 Å². The van der Waals surface area contributed by atoms with Crippen LogP contribution in [0, 0.1) is 0 Å². The van der Waals surface area contributed by atoms with E-state index in [9.17, 15) is 4.79 Å². The molecule has 1 fully saturated rings. The van der Waals surface area contributed by atoms with Gasteiger partial charge in [0, 0.05) is 28.0 Å². The first-order valence-corrected chi connectivity index (χ1v) is 8.73. The molecule has 1 aromatic heterocycles. The molecule has 3 rings (SSSR count). The molecular weight excluding hydrogens is 347 g/mol. The van der Waals surface area contributed by atoms with Crippen LogP contribution in [0.2, 0.25) is 10.0 Å². The normalized spacial score (nSPS) is 15.1. The van der Waals surface area contributed by atoms with Crippen molar-refractivity contribution in [2.24, 2.45) is 0 Å². The van der Waals surface area contributed by atoms with E-state index in [1.54, 1.807) is 30.5 Å². The molecule has 1 heterocycles. The lowest BCUT2D eigenvalue weighted by Crippen LogP contribution is -2.24. The summed E-state index contributed by atoms with van der Waals surface area (Å²) >= 11 is 11.9. The summed E-state index contributed by atoms with van der Waals surface area (Å²) in [5, 5.41) is 6.98. The molecule has 1 amide bonds. The minimum Gasteiger partial charge on any atom is -0.351 e. The van der Waals surface area contributed by atoms with Crippen molar-refractivity contribution in [2.45, 2.75) is 38.1 Å². The van der Waals surface area contributed by atoms with Crippen LogP contribution >= 0.6 is 23.2 Å². The van der Waals surface area contributed by atoms with Gasteiger partial charge in [-0.1, -0.05) is 42.5 Å². The summed E-state index contributed by atoms with van der Waals surface area (Å²) in [6.45, 7) is 0. The summed E-state index contributed by atoms with van der Waals surface area (Å²) in [7, 11) is 0. The molecule has 126 valence electrons. The highest BCUT2D eigenvalue weighted by molar-refractivity contribution is 6.35. The van der Waals surface area contributed by atoms with Crippen LogP contribution in [0.3, 0.4) is 0 Å². The van der Waals surface area contributed by atoms with Crippen LogP contribution < -0.4 is 10.6 Å². The first-order chi connectivity index (χ1) is 11.6. The second-order valence-corrected chi connectivity index (χ2v) is 6.73. The minimum absolute atomic E-state index is 0.291. The molecule has 0 radical (unpaired) electrons. The quantitative estimate of drug-likeness (QED) is 0.818. The van der Waals surface area contributed by atoms with Crippen LogP contribution in [-0.4, -0.2) is 21.9 Å². The molecule has 0 unspecified atom stereocenters. The molecule has 0 saturated heterocycles.